The number of aryl methyl sites for hydroxylation is 1. The summed E-state index contributed by atoms with van der Waals surface area (Å²) >= 11 is 3.54. The lowest BCUT2D eigenvalue weighted by atomic mass is 9.84. The molecular formula is C20H25BrO. The second-order valence-corrected chi connectivity index (χ2v) is 7.00. The summed E-state index contributed by atoms with van der Waals surface area (Å²) in [6, 6.07) is 6.29. The van der Waals surface area contributed by atoms with Crippen LogP contribution in [0.3, 0.4) is 0 Å². The zero-order valence-electron chi connectivity index (χ0n) is 13.2. The Labute approximate surface area is 142 Å². The van der Waals surface area contributed by atoms with Gasteiger partial charge in [0.1, 0.15) is 0 Å². The number of allylic oxidation sites excluding steroid dienone is 5. The van der Waals surface area contributed by atoms with Crippen molar-refractivity contribution in [2.45, 2.75) is 44.6 Å². The molecule has 22 heavy (non-hydrogen) atoms. The van der Waals surface area contributed by atoms with Gasteiger partial charge >= 0.3 is 0 Å². The lowest BCUT2D eigenvalue weighted by Crippen LogP contribution is -2.20. The van der Waals surface area contributed by atoms with Gasteiger partial charge in [0.25, 0.3) is 0 Å². The van der Waals surface area contributed by atoms with Crippen molar-refractivity contribution in [2.24, 2.45) is 5.92 Å². The third-order valence-corrected chi connectivity index (χ3v) is 4.92. The maximum absolute atomic E-state index is 10.7. The summed E-state index contributed by atoms with van der Waals surface area (Å²) in [5.41, 5.74) is 2.45. The van der Waals surface area contributed by atoms with Gasteiger partial charge in [-0.05, 0) is 61.8 Å². The highest BCUT2D eigenvalue weighted by Crippen LogP contribution is 2.32. The van der Waals surface area contributed by atoms with Gasteiger partial charge in [-0.2, -0.15) is 0 Å². The van der Waals surface area contributed by atoms with Crippen molar-refractivity contribution in [2.75, 3.05) is 0 Å². The van der Waals surface area contributed by atoms with E-state index in [-0.39, 0.29) is 12.0 Å². The van der Waals surface area contributed by atoms with Crippen molar-refractivity contribution < 1.29 is 5.11 Å². The predicted octanol–water partition coefficient (Wildman–Crippen LogP) is 5.69. The molecule has 0 aromatic heterocycles. The normalized spacial score (nSPS) is 19.9. The van der Waals surface area contributed by atoms with E-state index in [0.717, 1.165) is 30.2 Å². The quantitative estimate of drug-likeness (QED) is 0.619. The smallest absolute Gasteiger partial charge is 0.0612 e. The fraction of sp³-hybridized carbons (Fsp3) is 0.400. The highest BCUT2D eigenvalue weighted by molar-refractivity contribution is 9.10. The highest BCUT2D eigenvalue weighted by atomic mass is 79.9. The van der Waals surface area contributed by atoms with Crippen LogP contribution in [-0.4, -0.2) is 11.2 Å². The van der Waals surface area contributed by atoms with Crippen molar-refractivity contribution in [3.05, 3.63) is 70.8 Å². The van der Waals surface area contributed by atoms with Crippen LogP contribution in [0.25, 0.3) is 0 Å². The second-order valence-electron chi connectivity index (χ2n) is 6.09. The van der Waals surface area contributed by atoms with Gasteiger partial charge in [-0.15, -0.1) is 6.58 Å². The van der Waals surface area contributed by atoms with E-state index in [2.05, 4.69) is 71.9 Å². The van der Waals surface area contributed by atoms with E-state index in [1.807, 2.05) is 6.08 Å². The number of aliphatic hydroxyl groups is 1. The summed E-state index contributed by atoms with van der Waals surface area (Å²) in [6.45, 7) is 5.98. The minimum Gasteiger partial charge on any atom is -0.392 e. The van der Waals surface area contributed by atoms with Crippen LogP contribution in [0.1, 0.15) is 42.7 Å². The highest BCUT2D eigenvalue weighted by Gasteiger charge is 2.22. The summed E-state index contributed by atoms with van der Waals surface area (Å²) < 4.78 is 1.06. The Balaban J connectivity index is 2.06. The molecule has 118 valence electrons. The molecule has 1 aromatic carbocycles. The van der Waals surface area contributed by atoms with E-state index in [0.29, 0.717) is 5.92 Å². The maximum Gasteiger partial charge on any atom is 0.0612 e. The molecule has 0 fully saturated rings. The van der Waals surface area contributed by atoms with Gasteiger partial charge < -0.3 is 5.11 Å². The van der Waals surface area contributed by atoms with E-state index < -0.39 is 0 Å². The topological polar surface area (TPSA) is 20.2 Å². The molecule has 3 atom stereocenters. The molecule has 0 radical (unpaired) electrons. The van der Waals surface area contributed by atoms with Crippen LogP contribution in [0.2, 0.25) is 0 Å². The third kappa shape index (κ3) is 4.69. The number of rotatable bonds is 7. The van der Waals surface area contributed by atoms with Crippen LogP contribution >= 0.6 is 15.9 Å². The summed E-state index contributed by atoms with van der Waals surface area (Å²) in [5, 5.41) is 10.7. The van der Waals surface area contributed by atoms with E-state index in [1.165, 1.54) is 11.1 Å². The number of hydrogen-bond acceptors (Lipinski definition) is 1. The minimum absolute atomic E-state index is 0.123. The van der Waals surface area contributed by atoms with Gasteiger partial charge in [0.15, 0.2) is 0 Å². The monoisotopic (exact) mass is 360 g/mol. The molecule has 0 amide bonds. The average molecular weight is 361 g/mol. The first-order valence-electron chi connectivity index (χ1n) is 8.00. The first-order valence-corrected chi connectivity index (χ1v) is 8.79. The van der Waals surface area contributed by atoms with Gasteiger partial charge in [0, 0.05) is 10.4 Å². The summed E-state index contributed by atoms with van der Waals surface area (Å²) in [6.07, 6.45) is 14.0. The van der Waals surface area contributed by atoms with Crippen LogP contribution in [0, 0.1) is 12.8 Å². The molecule has 1 N–H and O–H groups in total. The lowest BCUT2D eigenvalue weighted by molar-refractivity contribution is 0.127. The fourth-order valence-electron chi connectivity index (χ4n) is 3.11. The first-order chi connectivity index (χ1) is 10.6. The van der Waals surface area contributed by atoms with E-state index in [1.54, 1.807) is 0 Å². The Bertz CT molecular complexity index is 559. The third-order valence-electron chi connectivity index (χ3n) is 4.43. The minimum atomic E-state index is -0.328. The molecule has 0 heterocycles. The Kier molecular flexibility index (Phi) is 6.66. The first kappa shape index (κ1) is 17.2. The zero-order valence-corrected chi connectivity index (χ0v) is 14.8. The van der Waals surface area contributed by atoms with Crippen LogP contribution in [-0.2, 0) is 0 Å². The average Bonchev–Trinajstić information content (AvgIpc) is 2.54. The van der Waals surface area contributed by atoms with Crippen molar-refractivity contribution in [1.82, 2.24) is 0 Å². The number of benzene rings is 1. The SMILES string of the molecule is C=CCC(c1cc(Br)ccc1C)C(O)CCC1C=CC=CC1. The molecule has 0 bridgehead atoms. The van der Waals surface area contributed by atoms with Crippen LogP contribution < -0.4 is 0 Å². The molecule has 0 aliphatic heterocycles. The number of aliphatic hydroxyl groups excluding tert-OH is 1. The van der Waals surface area contributed by atoms with Gasteiger partial charge in [-0.1, -0.05) is 52.4 Å². The van der Waals surface area contributed by atoms with Gasteiger partial charge in [0.05, 0.1) is 6.10 Å². The van der Waals surface area contributed by atoms with Crippen LogP contribution in [0.5, 0.6) is 0 Å². The van der Waals surface area contributed by atoms with Gasteiger partial charge in [0.2, 0.25) is 0 Å². The van der Waals surface area contributed by atoms with Crippen molar-refractivity contribution >= 4 is 15.9 Å². The second kappa shape index (κ2) is 8.50. The zero-order chi connectivity index (χ0) is 15.9. The summed E-state index contributed by atoms with van der Waals surface area (Å²) in [4.78, 5) is 0. The van der Waals surface area contributed by atoms with Crippen molar-refractivity contribution in [1.29, 1.82) is 0 Å². The fourth-order valence-corrected chi connectivity index (χ4v) is 3.49. The molecule has 0 spiro atoms. The molecule has 1 aliphatic carbocycles. The standard InChI is InChI=1S/C20H25BrO/c1-3-7-18(19-14-17(21)12-10-15(19)2)20(22)13-11-16-8-5-4-6-9-16/h3-6,8,10,12,14,16,18,20,22H,1,7,9,11,13H2,2H3. The Hall–Kier alpha value is -1.12. The predicted molar refractivity (Wildman–Crippen MR) is 98.1 cm³/mol. The Morgan fingerprint density at radius 2 is 2.23 bits per heavy atom. The molecule has 3 unspecified atom stereocenters. The summed E-state index contributed by atoms with van der Waals surface area (Å²) in [7, 11) is 0. The Morgan fingerprint density at radius 1 is 1.41 bits per heavy atom. The van der Waals surface area contributed by atoms with E-state index >= 15 is 0 Å². The molecule has 0 saturated heterocycles. The molecule has 1 aromatic rings. The van der Waals surface area contributed by atoms with Crippen molar-refractivity contribution in [3.8, 4) is 0 Å². The van der Waals surface area contributed by atoms with E-state index in [4.69, 9.17) is 0 Å². The summed E-state index contributed by atoms with van der Waals surface area (Å²) in [5.74, 6) is 0.686. The molecule has 2 heteroatoms. The maximum atomic E-state index is 10.7. The largest absolute Gasteiger partial charge is 0.392 e. The van der Waals surface area contributed by atoms with Crippen LogP contribution in [0.4, 0.5) is 0 Å². The lowest BCUT2D eigenvalue weighted by Gasteiger charge is -2.25. The Morgan fingerprint density at radius 3 is 2.91 bits per heavy atom. The van der Waals surface area contributed by atoms with Gasteiger partial charge in [-0.25, -0.2) is 0 Å². The van der Waals surface area contributed by atoms with Crippen molar-refractivity contribution in [3.63, 3.8) is 0 Å². The number of hydrogen-bond donors (Lipinski definition) is 1. The van der Waals surface area contributed by atoms with Gasteiger partial charge in [-0.3, -0.25) is 0 Å². The molecule has 1 nitrogen and oxygen atoms in total. The molecule has 1 aliphatic rings. The number of halogens is 1. The molecule has 0 saturated carbocycles. The van der Waals surface area contributed by atoms with E-state index in [9.17, 15) is 5.11 Å². The molecular weight excluding hydrogens is 336 g/mol. The molecule has 2 rings (SSSR count). The van der Waals surface area contributed by atoms with Crippen LogP contribution in [0.15, 0.2) is 59.6 Å².